The smallest absolute Gasteiger partial charge is 0.262 e. The Morgan fingerprint density at radius 2 is 1.88 bits per heavy atom. The maximum absolute atomic E-state index is 14.4. The molecule has 6 rings (SSSR count). The number of hydrogen-bond donors (Lipinski definition) is 1. The number of piperidine rings is 1. The molecule has 210 valence electrons. The van der Waals surface area contributed by atoms with Crippen LogP contribution in [0.4, 0.5) is 8.78 Å². The molecule has 4 aromatic rings. The third kappa shape index (κ3) is 5.12. The number of halogens is 2. The second kappa shape index (κ2) is 10.5. The first-order valence-corrected chi connectivity index (χ1v) is 15.4. The molecular weight excluding hydrogens is 552 g/mol. The van der Waals surface area contributed by atoms with Crippen LogP contribution in [0.1, 0.15) is 48.5 Å². The van der Waals surface area contributed by atoms with Gasteiger partial charge in [0.1, 0.15) is 0 Å². The molecule has 10 heteroatoms. The summed E-state index contributed by atoms with van der Waals surface area (Å²) in [4.78, 5) is 35.1. The van der Waals surface area contributed by atoms with Gasteiger partial charge in [0.15, 0.2) is 0 Å². The molecule has 2 fully saturated rings. The van der Waals surface area contributed by atoms with Gasteiger partial charge in [0.25, 0.3) is 5.56 Å². The first kappa shape index (κ1) is 27.2. The maximum atomic E-state index is 14.4. The average molecular weight is 584 g/mol. The number of thiophene rings is 2. The fraction of sp³-hybridized carbons (Fsp3) is 0.433. The van der Waals surface area contributed by atoms with Gasteiger partial charge in [0.2, 0.25) is 11.8 Å². The highest BCUT2D eigenvalue weighted by molar-refractivity contribution is 7.15. The van der Waals surface area contributed by atoms with Crippen molar-refractivity contribution in [3.05, 3.63) is 74.3 Å². The molecule has 3 aromatic heterocycles. The van der Waals surface area contributed by atoms with Crippen molar-refractivity contribution in [1.29, 1.82) is 0 Å². The minimum atomic E-state index is -2.77. The summed E-state index contributed by atoms with van der Waals surface area (Å²) in [5.41, 5.74) is 1.13. The first-order valence-electron chi connectivity index (χ1n) is 13.6. The summed E-state index contributed by atoms with van der Waals surface area (Å²) in [7, 11) is 0. The summed E-state index contributed by atoms with van der Waals surface area (Å²) in [6.45, 7) is 2.64. The quantitative estimate of drug-likeness (QED) is 0.310. The number of alkyl halides is 2. The lowest BCUT2D eigenvalue weighted by Crippen LogP contribution is -2.52. The Morgan fingerprint density at radius 3 is 2.58 bits per heavy atom. The Morgan fingerprint density at radius 1 is 1.12 bits per heavy atom. The molecule has 1 N–H and O–H groups in total. The van der Waals surface area contributed by atoms with E-state index in [0.29, 0.717) is 36.8 Å². The van der Waals surface area contributed by atoms with E-state index in [9.17, 15) is 23.5 Å². The maximum Gasteiger partial charge on any atom is 0.262 e. The fourth-order valence-electron chi connectivity index (χ4n) is 6.26. The number of amides is 1. The minimum Gasteiger partial charge on any atom is -0.388 e. The van der Waals surface area contributed by atoms with Gasteiger partial charge in [-0.15, -0.1) is 22.7 Å². The zero-order valence-corrected chi connectivity index (χ0v) is 23.8. The largest absolute Gasteiger partial charge is 0.388 e. The summed E-state index contributed by atoms with van der Waals surface area (Å²) in [6.07, 6.45) is 1.65. The van der Waals surface area contributed by atoms with Crippen LogP contribution in [0.2, 0.25) is 0 Å². The molecule has 1 amide bonds. The monoisotopic (exact) mass is 583 g/mol. The van der Waals surface area contributed by atoms with Gasteiger partial charge in [-0.1, -0.05) is 30.3 Å². The van der Waals surface area contributed by atoms with E-state index in [4.69, 9.17) is 0 Å². The third-order valence-electron chi connectivity index (χ3n) is 8.53. The number of fused-ring (bicyclic) bond motifs is 1. The van der Waals surface area contributed by atoms with Gasteiger partial charge in [0.05, 0.1) is 34.3 Å². The minimum absolute atomic E-state index is 0.0830. The summed E-state index contributed by atoms with van der Waals surface area (Å²) in [6, 6.07) is 11.7. The van der Waals surface area contributed by atoms with Crippen molar-refractivity contribution >= 4 is 39.5 Å². The summed E-state index contributed by atoms with van der Waals surface area (Å²) >= 11 is 2.99. The van der Waals surface area contributed by atoms with Crippen LogP contribution >= 0.6 is 22.7 Å². The second-order valence-electron chi connectivity index (χ2n) is 11.2. The molecule has 1 aliphatic carbocycles. The van der Waals surface area contributed by atoms with Crippen LogP contribution in [-0.2, 0) is 11.3 Å². The SMILES string of the molecule is Cc1sccc1[C@H]1CC(F)(F)CC[C@@H]1C(=O)N1CCC(O)(Cn2cnc3c(-c4ccccc4)scc3c2=O)CC1. The number of rotatable bonds is 5. The van der Waals surface area contributed by atoms with Crippen molar-refractivity contribution in [3.63, 3.8) is 0 Å². The predicted octanol–water partition coefficient (Wildman–Crippen LogP) is 6.07. The van der Waals surface area contributed by atoms with Gasteiger partial charge in [-0.05, 0) is 48.8 Å². The van der Waals surface area contributed by atoms with Gasteiger partial charge in [-0.2, -0.15) is 0 Å². The Kier molecular flexibility index (Phi) is 7.13. The van der Waals surface area contributed by atoms with E-state index in [1.807, 2.05) is 54.1 Å². The number of carbonyl (C=O) groups is 1. The number of aromatic nitrogens is 2. The molecule has 2 aliphatic rings. The molecule has 4 heterocycles. The molecule has 0 unspecified atom stereocenters. The molecule has 2 atom stereocenters. The van der Waals surface area contributed by atoms with Crippen molar-refractivity contribution in [1.82, 2.24) is 14.5 Å². The molecule has 1 saturated heterocycles. The second-order valence-corrected chi connectivity index (χ2v) is 13.2. The topological polar surface area (TPSA) is 75.4 Å². The summed E-state index contributed by atoms with van der Waals surface area (Å²) in [5.74, 6) is -3.89. The van der Waals surface area contributed by atoms with Gasteiger partial charge in [-0.3, -0.25) is 14.2 Å². The third-order valence-corrected chi connectivity index (χ3v) is 10.4. The normalized spacial score (nSPS) is 22.4. The zero-order valence-electron chi connectivity index (χ0n) is 22.2. The molecule has 0 spiro atoms. The van der Waals surface area contributed by atoms with E-state index in [-0.39, 0.29) is 37.3 Å². The molecule has 1 aromatic carbocycles. The van der Waals surface area contributed by atoms with E-state index in [2.05, 4.69) is 4.98 Å². The van der Waals surface area contributed by atoms with Crippen LogP contribution in [0.15, 0.2) is 58.3 Å². The number of aryl methyl sites for hydroxylation is 1. The van der Waals surface area contributed by atoms with E-state index >= 15 is 0 Å². The van der Waals surface area contributed by atoms with Crippen molar-refractivity contribution in [3.8, 4) is 10.4 Å². The zero-order chi connectivity index (χ0) is 28.1. The molecule has 0 radical (unpaired) electrons. The lowest BCUT2D eigenvalue weighted by molar-refractivity contribution is -0.145. The highest BCUT2D eigenvalue weighted by Gasteiger charge is 2.47. The van der Waals surface area contributed by atoms with Gasteiger partial charge in [-0.25, -0.2) is 13.8 Å². The van der Waals surface area contributed by atoms with Crippen LogP contribution in [0.3, 0.4) is 0 Å². The molecule has 1 saturated carbocycles. The van der Waals surface area contributed by atoms with Crippen molar-refractivity contribution in [2.45, 2.75) is 63.0 Å². The van der Waals surface area contributed by atoms with Gasteiger partial charge >= 0.3 is 0 Å². The Labute approximate surface area is 238 Å². The molecular formula is C30H31F2N3O3S2. The van der Waals surface area contributed by atoms with Crippen LogP contribution in [0.5, 0.6) is 0 Å². The number of hydrogen-bond acceptors (Lipinski definition) is 6. The first-order chi connectivity index (χ1) is 19.1. The predicted molar refractivity (Wildman–Crippen MR) is 154 cm³/mol. The van der Waals surface area contributed by atoms with Crippen LogP contribution in [0, 0.1) is 12.8 Å². The van der Waals surface area contributed by atoms with Crippen molar-refractivity contribution in [2.24, 2.45) is 5.92 Å². The number of carbonyl (C=O) groups excluding carboxylic acids is 1. The Hall–Kier alpha value is -2.95. The Bertz CT molecular complexity index is 1590. The highest BCUT2D eigenvalue weighted by Crippen LogP contribution is 2.47. The van der Waals surface area contributed by atoms with Crippen molar-refractivity contribution in [2.75, 3.05) is 13.1 Å². The van der Waals surface area contributed by atoms with Gasteiger partial charge < -0.3 is 10.0 Å². The van der Waals surface area contributed by atoms with Crippen molar-refractivity contribution < 1.29 is 18.7 Å². The Balaban J connectivity index is 1.16. The fourth-order valence-corrected chi connectivity index (χ4v) is 8.03. The van der Waals surface area contributed by atoms with E-state index in [1.54, 1.807) is 4.90 Å². The number of benzene rings is 1. The van der Waals surface area contributed by atoms with E-state index in [1.165, 1.54) is 33.6 Å². The van der Waals surface area contributed by atoms with Crippen LogP contribution in [0.25, 0.3) is 21.3 Å². The van der Waals surface area contributed by atoms with Crippen LogP contribution < -0.4 is 5.56 Å². The number of nitrogens with zero attached hydrogens (tertiary/aromatic N) is 3. The summed E-state index contributed by atoms with van der Waals surface area (Å²) < 4.78 is 30.3. The average Bonchev–Trinajstić information content (AvgIpc) is 3.57. The molecule has 6 nitrogen and oxygen atoms in total. The van der Waals surface area contributed by atoms with E-state index in [0.717, 1.165) is 20.9 Å². The lowest BCUT2D eigenvalue weighted by Gasteiger charge is -2.42. The van der Waals surface area contributed by atoms with Gasteiger partial charge in [0, 0.05) is 48.0 Å². The summed E-state index contributed by atoms with van der Waals surface area (Å²) in [5, 5.41) is 15.6. The molecule has 40 heavy (non-hydrogen) atoms. The molecule has 1 aliphatic heterocycles. The lowest BCUT2D eigenvalue weighted by atomic mass is 9.73. The highest BCUT2D eigenvalue weighted by atomic mass is 32.1. The number of likely N-dealkylation sites (tertiary alicyclic amines) is 1. The van der Waals surface area contributed by atoms with E-state index < -0.39 is 23.4 Å². The molecule has 0 bridgehead atoms. The standard InChI is InChI=1S/C30H31F2N3O3S2/c1-19-21(8-14-39-19)23-15-30(31,32)9-7-22(23)27(36)34-12-10-29(38,11-13-34)17-35-18-33-25-24(28(35)37)16-40-26(25)20-5-3-2-4-6-20/h2-6,8,14,16,18,22-23,38H,7,9-13,15,17H2,1H3/t22-,23+/m0/s1. The number of aliphatic hydroxyl groups is 1. The van der Waals surface area contributed by atoms with Crippen LogP contribution in [-0.4, -0.2) is 50.1 Å².